The van der Waals surface area contributed by atoms with E-state index < -0.39 is 0 Å². The molecule has 0 unspecified atom stereocenters. The molecule has 0 bridgehead atoms. The third kappa shape index (κ3) is 4.36. The predicted octanol–water partition coefficient (Wildman–Crippen LogP) is 1.73. The maximum Gasteiger partial charge on any atom is 0.263 e. The molecule has 6 heteroatoms. The van der Waals surface area contributed by atoms with Crippen LogP contribution in [-0.2, 0) is 4.79 Å². The first-order valence-electron chi connectivity index (χ1n) is 7.15. The number of carbonyl (C=O) groups is 1. The summed E-state index contributed by atoms with van der Waals surface area (Å²) in [7, 11) is 0. The Labute approximate surface area is 132 Å². The summed E-state index contributed by atoms with van der Waals surface area (Å²) >= 11 is 5.55. The molecule has 1 rings (SSSR count). The van der Waals surface area contributed by atoms with Crippen molar-refractivity contribution in [2.24, 2.45) is 5.73 Å². The molecule has 0 spiro atoms. The van der Waals surface area contributed by atoms with Gasteiger partial charge in [-0.15, -0.1) is 11.6 Å². The molecule has 1 saturated heterocycles. The first kappa shape index (κ1) is 17.8. The van der Waals surface area contributed by atoms with Crippen LogP contribution in [0.15, 0.2) is 11.8 Å². The Hall–Kier alpha value is -1.25. The molecular weight excluding hydrogens is 288 g/mol. The molecule has 0 aromatic carbocycles. The Morgan fingerprint density at radius 3 is 2.38 bits per heavy atom. The van der Waals surface area contributed by atoms with E-state index in [0.29, 0.717) is 12.4 Å². The topological polar surface area (TPSA) is 82.2 Å². The molecule has 0 atom stereocenters. The van der Waals surface area contributed by atoms with Gasteiger partial charge in [-0.1, -0.05) is 0 Å². The summed E-state index contributed by atoms with van der Waals surface area (Å²) in [4.78, 5) is 14.1. The molecule has 1 fully saturated rings. The standard InChI is InChI=1S/C15H25ClN4O/c1-14(2)7-12(18)8-15(3,4)20(14)10-11(9-17)13(21)19-6-5-16/h10,12H,5-8,18H2,1-4H3,(H,19,21)/b11-10-. The molecule has 21 heavy (non-hydrogen) atoms. The van der Waals surface area contributed by atoms with Gasteiger partial charge in [0.05, 0.1) is 0 Å². The Bertz CT molecular complexity index is 447. The van der Waals surface area contributed by atoms with Crippen molar-refractivity contribution in [2.75, 3.05) is 12.4 Å². The van der Waals surface area contributed by atoms with E-state index in [1.165, 1.54) is 0 Å². The zero-order valence-electron chi connectivity index (χ0n) is 13.2. The van der Waals surface area contributed by atoms with Crippen LogP contribution >= 0.6 is 11.6 Å². The van der Waals surface area contributed by atoms with Crippen LogP contribution in [0.4, 0.5) is 0 Å². The van der Waals surface area contributed by atoms with Gasteiger partial charge in [-0.2, -0.15) is 5.26 Å². The number of nitrogens with zero attached hydrogens (tertiary/aromatic N) is 2. The molecule has 0 saturated carbocycles. The first-order chi connectivity index (χ1) is 9.64. The van der Waals surface area contributed by atoms with E-state index in [1.807, 2.05) is 6.07 Å². The summed E-state index contributed by atoms with van der Waals surface area (Å²) in [6.07, 6.45) is 3.29. The van der Waals surface area contributed by atoms with Crippen LogP contribution in [-0.4, -0.2) is 40.4 Å². The number of nitrogens with two attached hydrogens (primary N) is 1. The first-order valence-corrected chi connectivity index (χ1v) is 7.68. The van der Waals surface area contributed by atoms with E-state index >= 15 is 0 Å². The van der Waals surface area contributed by atoms with Crippen molar-refractivity contribution in [3.05, 3.63) is 11.8 Å². The molecule has 3 N–H and O–H groups in total. The van der Waals surface area contributed by atoms with Crippen molar-refractivity contribution in [3.8, 4) is 6.07 Å². The van der Waals surface area contributed by atoms with Crippen LogP contribution in [0, 0.1) is 11.3 Å². The number of hydrogen-bond acceptors (Lipinski definition) is 4. The number of rotatable bonds is 4. The maximum atomic E-state index is 12.0. The lowest BCUT2D eigenvalue weighted by Crippen LogP contribution is -2.61. The summed E-state index contributed by atoms with van der Waals surface area (Å²) < 4.78 is 0. The summed E-state index contributed by atoms with van der Waals surface area (Å²) in [5.74, 6) is -0.0698. The van der Waals surface area contributed by atoms with Crippen LogP contribution in [0.25, 0.3) is 0 Å². The maximum absolute atomic E-state index is 12.0. The number of hydrogen-bond donors (Lipinski definition) is 2. The lowest BCUT2D eigenvalue weighted by molar-refractivity contribution is -0.117. The van der Waals surface area contributed by atoms with Gasteiger partial charge in [-0.25, -0.2) is 0 Å². The van der Waals surface area contributed by atoms with E-state index in [-0.39, 0.29) is 28.6 Å². The molecular formula is C15H25ClN4O. The Kier molecular flexibility index (Phi) is 5.66. The second-order valence-corrected chi connectivity index (χ2v) is 7.14. The van der Waals surface area contributed by atoms with Crippen molar-refractivity contribution in [1.82, 2.24) is 10.2 Å². The fourth-order valence-electron chi connectivity index (χ4n) is 3.24. The van der Waals surface area contributed by atoms with Crippen LogP contribution in [0.3, 0.4) is 0 Å². The molecule has 0 aromatic heterocycles. The Balaban J connectivity index is 3.07. The third-order valence-electron chi connectivity index (χ3n) is 3.83. The van der Waals surface area contributed by atoms with Crippen molar-refractivity contribution >= 4 is 17.5 Å². The van der Waals surface area contributed by atoms with Crippen molar-refractivity contribution < 1.29 is 4.79 Å². The highest BCUT2D eigenvalue weighted by Crippen LogP contribution is 2.38. The zero-order chi connectivity index (χ0) is 16.3. The van der Waals surface area contributed by atoms with Gasteiger partial charge in [0.1, 0.15) is 11.6 Å². The highest BCUT2D eigenvalue weighted by Gasteiger charge is 2.43. The second-order valence-electron chi connectivity index (χ2n) is 6.76. The number of halogens is 1. The second kappa shape index (κ2) is 6.67. The molecule has 1 heterocycles. The van der Waals surface area contributed by atoms with E-state index in [4.69, 9.17) is 17.3 Å². The van der Waals surface area contributed by atoms with Crippen LogP contribution < -0.4 is 11.1 Å². The van der Waals surface area contributed by atoms with E-state index in [2.05, 4.69) is 37.9 Å². The predicted molar refractivity (Wildman–Crippen MR) is 84.6 cm³/mol. The van der Waals surface area contributed by atoms with Gasteiger partial charge in [-0.05, 0) is 40.5 Å². The van der Waals surface area contributed by atoms with Gasteiger partial charge in [0.15, 0.2) is 0 Å². The lowest BCUT2D eigenvalue weighted by atomic mass is 9.77. The summed E-state index contributed by atoms with van der Waals surface area (Å²) in [5.41, 5.74) is 5.80. The lowest BCUT2D eigenvalue weighted by Gasteiger charge is -2.54. The fourth-order valence-corrected chi connectivity index (χ4v) is 3.34. The van der Waals surface area contributed by atoms with Crippen molar-refractivity contribution in [3.63, 3.8) is 0 Å². The highest BCUT2D eigenvalue weighted by atomic mass is 35.5. The van der Waals surface area contributed by atoms with E-state index in [1.54, 1.807) is 6.20 Å². The Morgan fingerprint density at radius 1 is 1.43 bits per heavy atom. The molecule has 1 amide bonds. The number of carbonyl (C=O) groups excluding carboxylic acids is 1. The quantitative estimate of drug-likeness (QED) is 0.470. The van der Waals surface area contributed by atoms with Crippen LogP contribution in [0.5, 0.6) is 0 Å². The number of piperidine rings is 1. The van der Waals surface area contributed by atoms with Crippen molar-refractivity contribution in [1.29, 1.82) is 5.26 Å². The molecule has 0 radical (unpaired) electrons. The number of alkyl halides is 1. The van der Waals surface area contributed by atoms with E-state index in [0.717, 1.165) is 12.8 Å². The molecule has 0 aliphatic carbocycles. The zero-order valence-corrected chi connectivity index (χ0v) is 14.0. The van der Waals surface area contributed by atoms with Crippen LogP contribution in [0.1, 0.15) is 40.5 Å². The minimum Gasteiger partial charge on any atom is -0.366 e. The molecule has 118 valence electrons. The highest BCUT2D eigenvalue weighted by molar-refractivity contribution is 6.18. The number of nitrogens with one attached hydrogen (secondary N) is 1. The summed E-state index contributed by atoms with van der Waals surface area (Å²) in [5, 5.41) is 11.9. The number of likely N-dealkylation sites (tertiary alicyclic amines) is 1. The average molecular weight is 313 g/mol. The fraction of sp³-hybridized carbons (Fsp3) is 0.733. The van der Waals surface area contributed by atoms with E-state index in [9.17, 15) is 10.1 Å². The SMILES string of the molecule is CC1(C)CC(N)CC(C)(C)N1/C=C(/C#N)C(=O)NCCCl. The largest absolute Gasteiger partial charge is 0.366 e. The molecule has 1 aliphatic rings. The molecule has 1 aliphatic heterocycles. The van der Waals surface area contributed by atoms with Gasteiger partial charge in [0.25, 0.3) is 5.91 Å². The van der Waals surface area contributed by atoms with Gasteiger partial charge in [0, 0.05) is 35.7 Å². The summed E-state index contributed by atoms with van der Waals surface area (Å²) in [6, 6.07) is 2.10. The minimum absolute atomic E-state index is 0.0942. The number of amides is 1. The smallest absolute Gasteiger partial charge is 0.263 e. The van der Waals surface area contributed by atoms with Gasteiger partial charge in [-0.3, -0.25) is 4.79 Å². The normalized spacial score (nSPS) is 21.8. The minimum atomic E-state index is -0.389. The van der Waals surface area contributed by atoms with Gasteiger partial charge >= 0.3 is 0 Å². The average Bonchev–Trinajstić information content (AvgIpc) is 2.33. The summed E-state index contributed by atoms with van der Waals surface area (Å²) in [6.45, 7) is 8.66. The number of nitriles is 1. The van der Waals surface area contributed by atoms with Gasteiger partial charge in [0.2, 0.25) is 0 Å². The molecule has 0 aromatic rings. The van der Waals surface area contributed by atoms with Gasteiger partial charge < -0.3 is 16.0 Å². The monoisotopic (exact) mass is 312 g/mol. The Morgan fingerprint density at radius 2 is 1.95 bits per heavy atom. The molecule has 5 nitrogen and oxygen atoms in total. The van der Waals surface area contributed by atoms with Crippen molar-refractivity contribution in [2.45, 2.75) is 57.7 Å². The van der Waals surface area contributed by atoms with Crippen LogP contribution in [0.2, 0.25) is 0 Å². The third-order valence-corrected chi connectivity index (χ3v) is 4.02.